The average molecular weight is 438 g/mol. The van der Waals surface area contributed by atoms with Crippen LogP contribution in [0.4, 0.5) is 0 Å². The van der Waals surface area contributed by atoms with Crippen LogP contribution < -0.4 is 0 Å². The van der Waals surface area contributed by atoms with Crippen molar-refractivity contribution < 1.29 is 22.5 Å². The summed E-state index contributed by atoms with van der Waals surface area (Å²) >= 11 is 0. The minimum Gasteiger partial charge on any atom is -0.519 e. The Balaban J connectivity index is 4.76. The molecule has 162 valence electrons. The van der Waals surface area contributed by atoms with Gasteiger partial charge in [-0.1, -0.05) is 40.4 Å². The molecule has 0 unspecified atom stereocenters. The Labute approximate surface area is 170 Å². The lowest BCUT2D eigenvalue weighted by Crippen LogP contribution is -2.49. The quantitative estimate of drug-likeness (QED) is 0.424. The second kappa shape index (κ2) is 10.7. The van der Waals surface area contributed by atoms with Crippen molar-refractivity contribution in [3.8, 4) is 0 Å². The van der Waals surface area contributed by atoms with Gasteiger partial charge in [0.15, 0.2) is 0 Å². The van der Waals surface area contributed by atoms with Crippen LogP contribution in [0.5, 0.6) is 0 Å². The summed E-state index contributed by atoms with van der Waals surface area (Å²) < 4.78 is 24.9. The summed E-state index contributed by atoms with van der Waals surface area (Å²) in [5.74, 6) is -0.0701. The van der Waals surface area contributed by atoms with Gasteiger partial charge < -0.3 is 22.3 Å². The minimum absolute atomic E-state index is 0.0372. The van der Waals surface area contributed by atoms with Gasteiger partial charge in [0, 0.05) is 33.9 Å². The van der Waals surface area contributed by atoms with Gasteiger partial charge in [0.05, 0.1) is 6.42 Å². The molecule has 0 spiro atoms. The first-order valence-corrected chi connectivity index (χ1v) is 18.0. The van der Waals surface area contributed by atoms with Gasteiger partial charge in [-0.15, -0.1) is 0 Å². The lowest BCUT2D eigenvalue weighted by Gasteiger charge is -2.37. The summed E-state index contributed by atoms with van der Waals surface area (Å²) in [4.78, 5) is 12.5. The van der Waals surface area contributed by atoms with Crippen LogP contribution >= 0.6 is 0 Å². The largest absolute Gasteiger partial charge is 0.519 e. The van der Waals surface area contributed by atoms with Crippen molar-refractivity contribution in [2.45, 2.75) is 77.4 Å². The van der Waals surface area contributed by atoms with Crippen molar-refractivity contribution in [2.75, 3.05) is 34.4 Å². The zero-order valence-corrected chi connectivity index (χ0v) is 22.5. The fraction of sp³-hybridized carbons (Fsp3) is 0.944. The molecule has 0 amide bonds. The third kappa shape index (κ3) is 8.88. The molecule has 0 saturated heterocycles. The van der Waals surface area contributed by atoms with Gasteiger partial charge in [-0.05, 0) is 31.1 Å². The number of rotatable bonds is 12. The Morgan fingerprint density at radius 3 is 1.74 bits per heavy atom. The first-order valence-electron chi connectivity index (χ1n) is 9.76. The molecular formula is C18H43NO5Si3. The van der Waals surface area contributed by atoms with Crippen molar-refractivity contribution in [1.82, 2.24) is 4.57 Å². The summed E-state index contributed by atoms with van der Waals surface area (Å²) in [5, 5.41) is 0.0372. The zero-order chi connectivity index (χ0) is 21.5. The highest BCUT2D eigenvalue weighted by Gasteiger charge is 2.40. The summed E-state index contributed by atoms with van der Waals surface area (Å²) in [6.45, 7) is 19.3. The Morgan fingerprint density at radius 1 is 0.889 bits per heavy atom. The van der Waals surface area contributed by atoms with Crippen LogP contribution in [0.3, 0.4) is 0 Å². The number of nitrogens with zero attached hydrogens (tertiary/aromatic N) is 1. The van der Waals surface area contributed by atoms with E-state index in [2.05, 4.69) is 58.1 Å². The molecule has 0 N–H and O–H groups in total. The lowest BCUT2D eigenvalue weighted by molar-refractivity contribution is -0.135. The number of carbonyl (C=O) groups excluding carboxylic acids is 1. The van der Waals surface area contributed by atoms with E-state index in [1.54, 1.807) is 21.3 Å². The van der Waals surface area contributed by atoms with Crippen LogP contribution in [-0.4, -0.2) is 70.3 Å². The minimum atomic E-state index is -2.54. The molecule has 27 heavy (non-hydrogen) atoms. The van der Waals surface area contributed by atoms with E-state index in [0.29, 0.717) is 6.42 Å². The average Bonchev–Trinajstić information content (AvgIpc) is 2.52. The summed E-state index contributed by atoms with van der Waals surface area (Å²) in [6, 6.07) is 0.770. The van der Waals surface area contributed by atoms with E-state index in [9.17, 15) is 4.79 Å². The molecule has 0 radical (unpaired) electrons. The molecule has 0 aliphatic carbocycles. The van der Waals surface area contributed by atoms with Crippen molar-refractivity contribution in [2.24, 2.45) is 0 Å². The monoisotopic (exact) mass is 437 g/mol. The first-order chi connectivity index (χ1) is 12.1. The van der Waals surface area contributed by atoms with E-state index in [0.717, 1.165) is 25.6 Å². The fourth-order valence-corrected chi connectivity index (χ4v) is 6.83. The third-order valence-electron chi connectivity index (χ3n) is 5.55. The molecule has 0 aliphatic rings. The predicted octanol–water partition coefficient (Wildman–Crippen LogP) is 4.33. The highest BCUT2D eigenvalue weighted by Crippen LogP contribution is 2.36. The maximum atomic E-state index is 12.5. The fourth-order valence-electron chi connectivity index (χ4n) is 2.54. The van der Waals surface area contributed by atoms with E-state index in [1.165, 1.54) is 0 Å². The van der Waals surface area contributed by atoms with Crippen LogP contribution in [0.15, 0.2) is 0 Å². The first kappa shape index (κ1) is 27.0. The standard InChI is InChI=1S/C18H43NO5Si3/c1-18(2,3)26(10,11)24-17(20)13-15-19(25(7,8)9)14-12-16-27(21-4,22-5)23-6/h12-16H2,1-11H3. The molecule has 0 saturated carbocycles. The molecule has 0 aliphatic heterocycles. The zero-order valence-electron chi connectivity index (χ0n) is 19.5. The van der Waals surface area contributed by atoms with Crippen molar-refractivity contribution in [1.29, 1.82) is 0 Å². The van der Waals surface area contributed by atoms with Crippen LogP contribution in [0.2, 0.25) is 43.8 Å². The van der Waals surface area contributed by atoms with Gasteiger partial charge in [-0.25, -0.2) is 0 Å². The van der Waals surface area contributed by atoms with Crippen LogP contribution in [-0.2, 0) is 22.5 Å². The smallest absolute Gasteiger partial charge is 0.500 e. The molecule has 6 nitrogen and oxygen atoms in total. The SMILES string of the molecule is CO[Si](CCCN(CCC(=O)O[Si](C)(C)C(C)(C)C)[Si](C)(C)C)(OC)OC. The molecule has 9 heteroatoms. The molecule has 0 aromatic heterocycles. The summed E-state index contributed by atoms with van der Waals surface area (Å²) in [5.41, 5.74) is 0. The number of hydrogen-bond acceptors (Lipinski definition) is 6. The maximum Gasteiger partial charge on any atom is 0.500 e. The van der Waals surface area contributed by atoms with Crippen molar-refractivity contribution in [3.63, 3.8) is 0 Å². The highest BCUT2D eigenvalue weighted by molar-refractivity contribution is 6.75. The third-order valence-corrected chi connectivity index (χ3v) is 15.1. The van der Waals surface area contributed by atoms with Gasteiger partial charge in [-0.3, -0.25) is 4.79 Å². The molecular weight excluding hydrogens is 394 g/mol. The summed E-state index contributed by atoms with van der Waals surface area (Å²) in [6.07, 6.45) is 1.36. The van der Waals surface area contributed by atoms with Gasteiger partial charge in [-0.2, -0.15) is 0 Å². The predicted molar refractivity (Wildman–Crippen MR) is 119 cm³/mol. The maximum absolute atomic E-state index is 12.5. The van der Waals surface area contributed by atoms with E-state index in [-0.39, 0.29) is 11.0 Å². The van der Waals surface area contributed by atoms with Crippen LogP contribution in [0.25, 0.3) is 0 Å². The topological polar surface area (TPSA) is 57.2 Å². The van der Waals surface area contributed by atoms with Crippen LogP contribution in [0, 0.1) is 0 Å². The van der Waals surface area contributed by atoms with Crippen LogP contribution in [0.1, 0.15) is 33.6 Å². The molecule has 0 atom stereocenters. The summed E-state index contributed by atoms with van der Waals surface area (Å²) in [7, 11) is -1.20. The van der Waals surface area contributed by atoms with E-state index < -0.39 is 25.4 Å². The molecule has 0 fully saturated rings. The van der Waals surface area contributed by atoms with E-state index in [1.807, 2.05) is 0 Å². The normalized spacial score (nSPS) is 13.9. The second-order valence-corrected chi connectivity index (χ2v) is 22.3. The lowest BCUT2D eigenvalue weighted by atomic mass is 10.2. The van der Waals surface area contributed by atoms with E-state index in [4.69, 9.17) is 17.7 Å². The Morgan fingerprint density at radius 2 is 1.37 bits per heavy atom. The second-order valence-electron chi connectivity index (χ2n) is 9.54. The van der Waals surface area contributed by atoms with Gasteiger partial charge >= 0.3 is 8.80 Å². The molecule has 0 bridgehead atoms. The van der Waals surface area contributed by atoms with Crippen molar-refractivity contribution in [3.05, 3.63) is 0 Å². The Bertz CT molecular complexity index is 449. The van der Waals surface area contributed by atoms with Gasteiger partial charge in [0.25, 0.3) is 14.3 Å². The van der Waals surface area contributed by atoms with Crippen molar-refractivity contribution >= 4 is 31.3 Å². The molecule has 0 heterocycles. The number of hydrogen-bond donors (Lipinski definition) is 0. The molecule has 0 aromatic rings. The molecule has 0 aromatic carbocycles. The Hall–Kier alpha value is -0.0394. The van der Waals surface area contributed by atoms with E-state index >= 15 is 0 Å². The van der Waals surface area contributed by atoms with Gasteiger partial charge in [0.1, 0.15) is 8.24 Å². The Kier molecular flexibility index (Phi) is 10.6. The molecule has 0 rings (SSSR count). The number of carbonyl (C=O) groups is 1. The van der Waals surface area contributed by atoms with Gasteiger partial charge in [0.2, 0.25) is 0 Å². The highest BCUT2D eigenvalue weighted by atomic mass is 28.4.